The highest BCUT2D eigenvalue weighted by Crippen LogP contribution is 2.39. The Hall–Kier alpha value is -3.32. The lowest BCUT2D eigenvalue weighted by atomic mass is 9.94. The summed E-state index contributed by atoms with van der Waals surface area (Å²) in [7, 11) is 4.04. The van der Waals surface area contributed by atoms with Gasteiger partial charge in [0.1, 0.15) is 11.5 Å². The van der Waals surface area contributed by atoms with Crippen molar-refractivity contribution >= 4 is 17.4 Å². The van der Waals surface area contributed by atoms with E-state index in [0.29, 0.717) is 36.4 Å². The van der Waals surface area contributed by atoms with Crippen LogP contribution in [0.5, 0.6) is 11.5 Å². The molecule has 7 heteroatoms. The molecule has 182 valence electrons. The zero-order valence-corrected chi connectivity index (χ0v) is 20.4. The Bertz CT molecular complexity index is 1060. The van der Waals surface area contributed by atoms with Gasteiger partial charge in [0.15, 0.2) is 0 Å². The number of aromatic hydroxyl groups is 1. The lowest BCUT2D eigenvalue weighted by molar-refractivity contribution is -0.858. The number of benzene rings is 2. The van der Waals surface area contributed by atoms with E-state index in [1.165, 1.54) is 21.9 Å². The number of nitrogens with zero attached hydrogens (tertiary/aromatic N) is 1. The highest BCUT2D eigenvalue weighted by Gasteiger charge is 2.43. The van der Waals surface area contributed by atoms with Crippen LogP contribution in [-0.2, 0) is 9.59 Å². The maximum atomic E-state index is 13.6. The van der Waals surface area contributed by atoms with Gasteiger partial charge in [0, 0.05) is 18.5 Å². The van der Waals surface area contributed by atoms with Crippen molar-refractivity contribution in [2.75, 3.05) is 33.8 Å². The molecule has 0 aliphatic carbocycles. The van der Waals surface area contributed by atoms with Crippen LogP contribution in [0.15, 0.2) is 48.0 Å². The van der Waals surface area contributed by atoms with Crippen molar-refractivity contribution in [1.82, 2.24) is 4.90 Å². The van der Waals surface area contributed by atoms with Gasteiger partial charge in [-0.2, -0.15) is 0 Å². The highest BCUT2D eigenvalue weighted by molar-refractivity contribution is 6.46. The van der Waals surface area contributed by atoms with Gasteiger partial charge < -0.3 is 24.7 Å². The van der Waals surface area contributed by atoms with Gasteiger partial charge in [0.05, 0.1) is 33.3 Å². The summed E-state index contributed by atoms with van der Waals surface area (Å²) >= 11 is 0. The normalized spacial score (nSPS) is 17.6. The van der Waals surface area contributed by atoms with E-state index in [1.54, 1.807) is 30.3 Å². The minimum atomic E-state index is -0.786. The van der Waals surface area contributed by atoms with Crippen LogP contribution in [0.4, 0.5) is 0 Å². The number of ketones is 1. The van der Waals surface area contributed by atoms with Crippen molar-refractivity contribution in [3.05, 3.63) is 64.7 Å². The van der Waals surface area contributed by atoms with Crippen molar-refractivity contribution < 1.29 is 29.4 Å². The quantitative estimate of drug-likeness (QED) is 0.240. The van der Waals surface area contributed by atoms with Crippen LogP contribution in [0, 0.1) is 6.92 Å². The molecule has 1 amide bonds. The number of hydrogen-bond acceptors (Lipinski definition) is 5. The number of rotatable bonds is 10. The van der Waals surface area contributed by atoms with Gasteiger partial charge in [-0.05, 0) is 54.3 Å². The average molecular weight is 467 g/mol. The largest absolute Gasteiger partial charge is 0.872 e. The molecule has 0 saturated carbocycles. The Kier molecular flexibility index (Phi) is 8.34. The second-order valence-electron chi connectivity index (χ2n) is 9.06. The van der Waals surface area contributed by atoms with Gasteiger partial charge >= 0.3 is 0 Å². The number of nitrogens with one attached hydrogen (secondary N) is 1. The van der Waals surface area contributed by atoms with Crippen molar-refractivity contribution in [1.29, 1.82) is 0 Å². The minimum absolute atomic E-state index is 0.0491. The fourth-order valence-corrected chi connectivity index (χ4v) is 4.14. The molecule has 1 fully saturated rings. The summed E-state index contributed by atoms with van der Waals surface area (Å²) in [4.78, 5) is 28.8. The number of quaternary nitrogens is 1. The number of aryl methyl sites for hydroxylation is 1. The molecule has 0 spiro atoms. The lowest BCUT2D eigenvalue weighted by Gasteiger charge is -2.28. The predicted molar refractivity (Wildman–Crippen MR) is 128 cm³/mol. The van der Waals surface area contributed by atoms with Crippen molar-refractivity contribution in [2.45, 2.75) is 39.2 Å². The van der Waals surface area contributed by atoms with Gasteiger partial charge in [0.25, 0.3) is 5.91 Å². The third-order valence-corrected chi connectivity index (χ3v) is 6.01. The first-order chi connectivity index (χ1) is 16.2. The predicted octanol–water partition coefficient (Wildman–Crippen LogP) is 1.64. The summed E-state index contributed by atoms with van der Waals surface area (Å²) in [6.07, 6.45) is 2.66. The molecule has 0 radical (unpaired) electrons. The molecule has 3 rings (SSSR count). The first-order valence-electron chi connectivity index (χ1n) is 11.8. The van der Waals surface area contributed by atoms with Crippen molar-refractivity contribution in [3.63, 3.8) is 0 Å². The molecule has 2 aromatic rings. The van der Waals surface area contributed by atoms with Crippen molar-refractivity contribution in [2.24, 2.45) is 0 Å². The van der Waals surface area contributed by atoms with E-state index in [9.17, 15) is 19.8 Å². The van der Waals surface area contributed by atoms with Crippen LogP contribution in [0.3, 0.4) is 0 Å². The Balaban J connectivity index is 2.02. The summed E-state index contributed by atoms with van der Waals surface area (Å²) in [5.41, 5.74) is 1.71. The summed E-state index contributed by atoms with van der Waals surface area (Å²) in [6, 6.07) is 10.6. The topological polar surface area (TPSA) is 94.3 Å². The van der Waals surface area contributed by atoms with E-state index in [0.717, 1.165) is 24.9 Å². The van der Waals surface area contributed by atoms with Gasteiger partial charge in [-0.3, -0.25) is 9.59 Å². The van der Waals surface area contributed by atoms with Crippen LogP contribution in [0.25, 0.3) is 5.76 Å². The molecule has 1 atom stereocenters. The fourth-order valence-electron chi connectivity index (χ4n) is 4.14. The summed E-state index contributed by atoms with van der Waals surface area (Å²) < 4.78 is 5.78. The Morgan fingerprint density at radius 2 is 1.82 bits per heavy atom. The molecule has 34 heavy (non-hydrogen) atoms. The zero-order valence-electron chi connectivity index (χ0n) is 20.4. The summed E-state index contributed by atoms with van der Waals surface area (Å²) in [5, 5.41) is 23.3. The van der Waals surface area contributed by atoms with E-state index < -0.39 is 23.5 Å². The minimum Gasteiger partial charge on any atom is -0.872 e. The molecule has 7 nitrogen and oxygen atoms in total. The number of carbonyl (C=O) groups is 2. The van der Waals surface area contributed by atoms with Gasteiger partial charge in [-0.1, -0.05) is 37.3 Å². The molecule has 1 aliphatic heterocycles. The third-order valence-electron chi connectivity index (χ3n) is 6.01. The van der Waals surface area contributed by atoms with Crippen LogP contribution in [0.2, 0.25) is 0 Å². The first kappa shape index (κ1) is 25.3. The fraction of sp³-hybridized carbons (Fsp3) is 0.407. The van der Waals surface area contributed by atoms with E-state index >= 15 is 0 Å². The van der Waals surface area contributed by atoms with E-state index in [2.05, 4.69) is 6.92 Å². The van der Waals surface area contributed by atoms with Gasteiger partial charge in [-0.15, -0.1) is 0 Å². The number of amides is 1. The van der Waals surface area contributed by atoms with Crippen LogP contribution < -0.4 is 14.7 Å². The molecular formula is C27H34N2O5. The molecule has 0 aromatic heterocycles. The second kappa shape index (κ2) is 11.2. The standard InChI is InChI=1S/C27H34N2O5/c1-5-6-16-34-22-13-10-20(17-18(22)2)25(31)23-24(19-8-11-21(30)12-9-19)29(27(33)26(23)32)15-7-14-28(3)4/h8-13,17,24,30-31H,5-7,14-16H2,1-4H3. The van der Waals surface area contributed by atoms with Crippen LogP contribution in [0.1, 0.15) is 48.9 Å². The van der Waals surface area contributed by atoms with E-state index in [1.807, 2.05) is 21.0 Å². The SMILES string of the molecule is CCCCOc1ccc(C([O-])=C2C(=O)C(=O)N(CCC[NH+](C)C)C2c2ccc(O)cc2)cc1C. The highest BCUT2D eigenvalue weighted by atomic mass is 16.5. The van der Waals surface area contributed by atoms with E-state index in [4.69, 9.17) is 4.74 Å². The number of Topliss-reactive ketones (excluding diaryl/α,β-unsaturated/α-hetero) is 1. The summed E-state index contributed by atoms with van der Waals surface area (Å²) in [5.74, 6) is -1.11. The average Bonchev–Trinajstić information content (AvgIpc) is 3.05. The summed E-state index contributed by atoms with van der Waals surface area (Å²) in [6.45, 7) is 5.73. The maximum Gasteiger partial charge on any atom is 0.295 e. The Morgan fingerprint density at radius 3 is 2.44 bits per heavy atom. The first-order valence-corrected chi connectivity index (χ1v) is 11.8. The van der Waals surface area contributed by atoms with Crippen molar-refractivity contribution in [3.8, 4) is 11.5 Å². The molecule has 1 heterocycles. The monoisotopic (exact) mass is 466 g/mol. The molecular weight excluding hydrogens is 432 g/mol. The molecule has 2 aromatic carbocycles. The second-order valence-corrected chi connectivity index (χ2v) is 9.06. The lowest BCUT2D eigenvalue weighted by Crippen LogP contribution is -3.05. The Morgan fingerprint density at radius 1 is 1.12 bits per heavy atom. The molecule has 1 unspecified atom stereocenters. The number of phenols is 1. The maximum absolute atomic E-state index is 13.6. The number of hydrogen-bond donors (Lipinski definition) is 2. The molecule has 1 saturated heterocycles. The van der Waals surface area contributed by atoms with Crippen LogP contribution in [-0.4, -0.2) is 55.5 Å². The number of likely N-dealkylation sites (tertiary alicyclic amines) is 1. The number of carbonyl (C=O) groups excluding carboxylic acids is 2. The smallest absolute Gasteiger partial charge is 0.295 e. The molecule has 0 bridgehead atoms. The Labute approximate surface area is 201 Å². The molecule has 1 aliphatic rings. The zero-order chi connectivity index (χ0) is 24.8. The number of unbranched alkanes of at least 4 members (excludes halogenated alkanes) is 1. The van der Waals surface area contributed by atoms with Crippen LogP contribution >= 0.6 is 0 Å². The van der Waals surface area contributed by atoms with Gasteiger partial charge in [-0.25, -0.2) is 0 Å². The van der Waals surface area contributed by atoms with E-state index in [-0.39, 0.29) is 11.3 Å². The number of ether oxygens (including phenoxy) is 1. The third kappa shape index (κ3) is 5.59. The molecule has 2 N–H and O–H groups in total. The van der Waals surface area contributed by atoms with Gasteiger partial charge in [0.2, 0.25) is 5.78 Å². The number of phenolic OH excluding ortho intramolecular Hbond substituents is 1.